The smallest absolute Gasteiger partial charge is 0.221 e. The van der Waals surface area contributed by atoms with E-state index in [-0.39, 0.29) is 0 Å². The fraction of sp³-hybridized carbons (Fsp3) is 0. The van der Waals surface area contributed by atoms with Gasteiger partial charge in [-0.25, -0.2) is 14.5 Å². The van der Waals surface area contributed by atoms with Gasteiger partial charge in [-0.05, 0) is 36.5 Å². The van der Waals surface area contributed by atoms with E-state index < -0.39 is 0 Å². The van der Waals surface area contributed by atoms with Crippen molar-refractivity contribution in [1.82, 2.24) is 24.6 Å². The molecule has 5 nitrogen and oxygen atoms in total. The summed E-state index contributed by atoms with van der Waals surface area (Å²) in [5, 5.41) is 4.14. The second-order valence-corrected chi connectivity index (χ2v) is 4.75. The van der Waals surface area contributed by atoms with Crippen molar-refractivity contribution < 1.29 is 0 Å². The quantitative estimate of drug-likeness (QED) is 0.544. The van der Waals surface area contributed by atoms with Gasteiger partial charge in [0.25, 0.3) is 0 Å². The van der Waals surface area contributed by atoms with Crippen LogP contribution >= 0.6 is 12.2 Å². The number of para-hydroxylation sites is 1. The highest BCUT2D eigenvalue weighted by Crippen LogP contribution is 2.20. The molecule has 1 aromatic carbocycles. The summed E-state index contributed by atoms with van der Waals surface area (Å²) < 4.78 is 2.18. The van der Waals surface area contributed by atoms with Gasteiger partial charge in [-0.2, -0.15) is 0 Å². The maximum Gasteiger partial charge on any atom is 0.221 e. The lowest BCUT2D eigenvalue weighted by Gasteiger charge is -1.98. The molecule has 1 N–H and O–H groups in total. The topological polar surface area (TPSA) is 58.9 Å². The Bertz CT molecular complexity index is 971. The van der Waals surface area contributed by atoms with Gasteiger partial charge in [0.1, 0.15) is 0 Å². The lowest BCUT2D eigenvalue weighted by Crippen LogP contribution is -1.94. The standard InChI is InChI=1S/C14H9N5S/c20-14-16-11-6-2-1-5-10(11)13-17-12(18-19(13)14)9-4-3-7-15-8-9/h1-8H,(H,17,18). The zero-order valence-electron chi connectivity index (χ0n) is 10.3. The number of hydrogen-bond acceptors (Lipinski definition) is 4. The molecule has 6 heteroatoms. The third-order valence-corrected chi connectivity index (χ3v) is 3.41. The van der Waals surface area contributed by atoms with E-state index in [0.29, 0.717) is 4.77 Å². The zero-order chi connectivity index (χ0) is 13.5. The Morgan fingerprint density at radius 2 is 1.95 bits per heavy atom. The summed E-state index contributed by atoms with van der Waals surface area (Å²) in [7, 11) is 0. The van der Waals surface area contributed by atoms with Gasteiger partial charge in [0.05, 0.1) is 5.52 Å². The number of aromatic nitrogens is 5. The molecule has 0 amide bonds. The average molecular weight is 279 g/mol. The summed E-state index contributed by atoms with van der Waals surface area (Å²) in [5.74, 6) is 0.724. The van der Waals surface area contributed by atoms with Crippen LogP contribution in [0.25, 0.3) is 27.9 Å². The van der Waals surface area contributed by atoms with Crippen LogP contribution < -0.4 is 0 Å². The molecule has 0 spiro atoms. The molecule has 96 valence electrons. The van der Waals surface area contributed by atoms with Crippen molar-refractivity contribution in [2.75, 3.05) is 0 Å². The molecule has 3 aromatic heterocycles. The number of pyridine rings is 1. The molecule has 0 aliphatic heterocycles. The Hall–Kier alpha value is -2.60. The fourth-order valence-corrected chi connectivity index (χ4v) is 2.43. The van der Waals surface area contributed by atoms with E-state index in [0.717, 1.165) is 27.9 Å². The summed E-state index contributed by atoms with van der Waals surface area (Å²) in [5.41, 5.74) is 2.54. The first-order valence-corrected chi connectivity index (χ1v) is 6.52. The molecule has 0 radical (unpaired) electrons. The number of hydrogen-bond donors (Lipinski definition) is 1. The minimum atomic E-state index is 0.460. The molecular formula is C14H9N5S. The lowest BCUT2D eigenvalue weighted by molar-refractivity contribution is 0.918. The fourth-order valence-electron chi connectivity index (χ4n) is 2.20. The maximum absolute atomic E-state index is 5.31. The Kier molecular flexibility index (Phi) is 2.37. The SMILES string of the molecule is S=c1nc2ccccc2c2nc(-c3cccnc3)[nH]n12. The predicted octanol–water partition coefficient (Wildman–Crippen LogP) is 3.00. The van der Waals surface area contributed by atoms with Gasteiger partial charge in [-0.15, -0.1) is 0 Å². The summed E-state index contributed by atoms with van der Waals surface area (Å²) in [4.78, 5) is 13.1. The minimum Gasteiger partial charge on any atom is -0.273 e. The number of rotatable bonds is 1. The average Bonchev–Trinajstić information content (AvgIpc) is 2.94. The van der Waals surface area contributed by atoms with E-state index in [1.807, 2.05) is 36.4 Å². The summed E-state index contributed by atoms with van der Waals surface area (Å²) in [6, 6.07) is 11.6. The maximum atomic E-state index is 5.31. The first-order chi connectivity index (χ1) is 9.83. The van der Waals surface area contributed by atoms with Crippen LogP contribution in [-0.2, 0) is 0 Å². The molecule has 0 fully saturated rings. The van der Waals surface area contributed by atoms with Crippen molar-refractivity contribution in [3.05, 3.63) is 53.6 Å². The van der Waals surface area contributed by atoms with Crippen LogP contribution in [0.1, 0.15) is 0 Å². The minimum absolute atomic E-state index is 0.460. The molecule has 0 aliphatic carbocycles. The van der Waals surface area contributed by atoms with E-state index >= 15 is 0 Å². The lowest BCUT2D eigenvalue weighted by atomic mass is 10.2. The normalized spacial score (nSPS) is 11.2. The van der Waals surface area contributed by atoms with Gasteiger partial charge >= 0.3 is 0 Å². The van der Waals surface area contributed by atoms with Crippen LogP contribution in [0.15, 0.2) is 48.8 Å². The molecule has 0 aliphatic rings. The van der Waals surface area contributed by atoms with Crippen LogP contribution in [0.2, 0.25) is 0 Å². The monoisotopic (exact) mass is 279 g/mol. The summed E-state index contributed by atoms with van der Waals surface area (Å²) in [6.07, 6.45) is 3.49. The number of aromatic amines is 1. The van der Waals surface area contributed by atoms with Crippen LogP contribution in [0.5, 0.6) is 0 Å². The van der Waals surface area contributed by atoms with E-state index in [2.05, 4.69) is 20.1 Å². The van der Waals surface area contributed by atoms with Gasteiger partial charge < -0.3 is 0 Å². The molecule has 0 atom stereocenters. The third kappa shape index (κ3) is 1.62. The van der Waals surface area contributed by atoms with Crippen molar-refractivity contribution in [1.29, 1.82) is 0 Å². The Labute approximate surface area is 118 Å². The van der Waals surface area contributed by atoms with Crippen molar-refractivity contribution in [3.63, 3.8) is 0 Å². The third-order valence-electron chi connectivity index (χ3n) is 3.13. The highest BCUT2D eigenvalue weighted by atomic mass is 32.1. The molecule has 0 saturated heterocycles. The van der Waals surface area contributed by atoms with Gasteiger partial charge in [0, 0.05) is 23.3 Å². The van der Waals surface area contributed by atoms with E-state index in [1.54, 1.807) is 16.9 Å². The largest absolute Gasteiger partial charge is 0.273 e. The Balaban J connectivity index is 2.11. The van der Waals surface area contributed by atoms with Gasteiger partial charge in [0.15, 0.2) is 11.5 Å². The van der Waals surface area contributed by atoms with Crippen molar-refractivity contribution in [3.8, 4) is 11.4 Å². The molecule has 0 unspecified atom stereocenters. The van der Waals surface area contributed by atoms with Crippen molar-refractivity contribution in [2.45, 2.75) is 0 Å². The number of nitrogens with zero attached hydrogens (tertiary/aromatic N) is 4. The number of fused-ring (bicyclic) bond motifs is 3. The summed E-state index contributed by atoms with van der Waals surface area (Å²) in [6.45, 7) is 0. The van der Waals surface area contributed by atoms with Crippen molar-refractivity contribution in [2.24, 2.45) is 0 Å². The molecule has 0 saturated carbocycles. The molecule has 4 aromatic rings. The zero-order valence-corrected chi connectivity index (χ0v) is 11.1. The molecule has 0 bridgehead atoms. The van der Waals surface area contributed by atoms with E-state index in [4.69, 9.17) is 12.2 Å². The molecule has 4 rings (SSSR count). The van der Waals surface area contributed by atoms with E-state index in [1.165, 1.54) is 0 Å². The second kappa shape index (κ2) is 4.21. The predicted molar refractivity (Wildman–Crippen MR) is 78.9 cm³/mol. The Morgan fingerprint density at radius 3 is 2.80 bits per heavy atom. The van der Waals surface area contributed by atoms with Crippen LogP contribution in [0, 0.1) is 4.77 Å². The number of benzene rings is 1. The highest BCUT2D eigenvalue weighted by molar-refractivity contribution is 7.71. The highest BCUT2D eigenvalue weighted by Gasteiger charge is 2.09. The van der Waals surface area contributed by atoms with Gasteiger partial charge in [0.2, 0.25) is 4.77 Å². The molecule has 20 heavy (non-hydrogen) atoms. The van der Waals surface area contributed by atoms with Crippen LogP contribution in [0.4, 0.5) is 0 Å². The van der Waals surface area contributed by atoms with Crippen LogP contribution in [0.3, 0.4) is 0 Å². The summed E-state index contributed by atoms with van der Waals surface area (Å²) >= 11 is 5.31. The van der Waals surface area contributed by atoms with E-state index in [9.17, 15) is 0 Å². The molecular weight excluding hydrogens is 270 g/mol. The number of H-pyrrole nitrogens is 1. The van der Waals surface area contributed by atoms with Gasteiger partial charge in [-0.3, -0.25) is 10.1 Å². The van der Waals surface area contributed by atoms with Crippen LogP contribution in [-0.4, -0.2) is 24.6 Å². The first-order valence-electron chi connectivity index (χ1n) is 6.11. The molecule has 3 heterocycles. The first kappa shape index (κ1) is 11.2. The Morgan fingerprint density at radius 1 is 1.05 bits per heavy atom. The number of nitrogens with one attached hydrogen (secondary N) is 1. The van der Waals surface area contributed by atoms with Gasteiger partial charge in [-0.1, -0.05) is 12.1 Å². The second-order valence-electron chi connectivity index (χ2n) is 4.38. The van der Waals surface area contributed by atoms with Crippen molar-refractivity contribution >= 4 is 28.8 Å².